The van der Waals surface area contributed by atoms with Crippen LogP contribution in [-0.4, -0.2) is 11.9 Å². The highest BCUT2D eigenvalue weighted by molar-refractivity contribution is 7.10. The second-order valence-corrected chi connectivity index (χ2v) is 6.53. The Hall–Kier alpha value is -0.830. The van der Waals surface area contributed by atoms with E-state index < -0.39 is 0 Å². The van der Waals surface area contributed by atoms with Gasteiger partial charge in [-0.3, -0.25) is 4.79 Å². The minimum absolute atomic E-state index is 0.182. The van der Waals surface area contributed by atoms with Crippen LogP contribution in [0.1, 0.15) is 65.7 Å². The summed E-state index contributed by atoms with van der Waals surface area (Å²) in [7, 11) is 0. The molecule has 3 rings (SSSR count). The molecule has 2 nitrogen and oxygen atoms in total. The molecule has 0 unspecified atom stereocenters. The number of amides is 1. The van der Waals surface area contributed by atoms with Crippen molar-refractivity contribution in [3.8, 4) is 0 Å². The van der Waals surface area contributed by atoms with Gasteiger partial charge in [0.1, 0.15) is 0 Å². The van der Waals surface area contributed by atoms with E-state index in [0.29, 0.717) is 6.04 Å². The number of nitrogens with one attached hydrogen (secondary N) is 1. The van der Waals surface area contributed by atoms with Gasteiger partial charge in [-0.2, -0.15) is 0 Å². The minimum atomic E-state index is 0.182. The fourth-order valence-electron chi connectivity index (χ4n) is 3.19. The number of carbonyl (C=O) groups is 1. The average Bonchev–Trinajstić information content (AvgIpc) is 2.95. The van der Waals surface area contributed by atoms with Crippen LogP contribution in [0.2, 0.25) is 0 Å². The molecule has 1 saturated carbocycles. The van der Waals surface area contributed by atoms with Crippen LogP contribution in [0.15, 0.2) is 5.38 Å². The van der Waals surface area contributed by atoms with Crippen LogP contribution in [0.4, 0.5) is 0 Å². The molecule has 0 atom stereocenters. The van der Waals surface area contributed by atoms with Crippen molar-refractivity contribution in [1.82, 2.24) is 5.32 Å². The first kappa shape index (κ1) is 12.2. The van der Waals surface area contributed by atoms with Crippen LogP contribution in [0.25, 0.3) is 0 Å². The quantitative estimate of drug-likeness (QED) is 0.810. The Balaban J connectivity index is 1.74. The normalized spacial score (nSPS) is 20.4. The third-order valence-electron chi connectivity index (χ3n) is 4.25. The van der Waals surface area contributed by atoms with Gasteiger partial charge in [-0.1, -0.05) is 19.3 Å². The summed E-state index contributed by atoms with van der Waals surface area (Å²) in [5.74, 6) is 0.182. The number of thiophene rings is 1. The lowest BCUT2D eigenvalue weighted by Crippen LogP contribution is -2.32. The Morgan fingerprint density at radius 3 is 2.72 bits per heavy atom. The molecule has 18 heavy (non-hydrogen) atoms. The Morgan fingerprint density at radius 1 is 1.11 bits per heavy atom. The molecule has 0 radical (unpaired) electrons. The summed E-state index contributed by atoms with van der Waals surface area (Å²) < 4.78 is 0. The van der Waals surface area contributed by atoms with Crippen molar-refractivity contribution in [3.05, 3.63) is 21.4 Å². The number of aryl methyl sites for hydroxylation is 1. The zero-order valence-electron chi connectivity index (χ0n) is 10.8. The standard InChI is InChI=1S/C15H21NOS/c17-15(16-11-6-4-5-7-11)13-10-18-14-9-3-1-2-8-12(13)14/h10-11H,1-9H2,(H,16,17). The summed E-state index contributed by atoms with van der Waals surface area (Å²) in [5.41, 5.74) is 2.33. The molecule has 1 fully saturated rings. The fraction of sp³-hybridized carbons (Fsp3) is 0.667. The Kier molecular flexibility index (Phi) is 3.69. The lowest BCUT2D eigenvalue weighted by atomic mass is 10.1. The Bertz CT molecular complexity index is 432. The molecule has 0 aliphatic heterocycles. The molecule has 1 heterocycles. The van der Waals surface area contributed by atoms with E-state index in [1.807, 2.05) is 0 Å². The number of rotatable bonds is 2. The van der Waals surface area contributed by atoms with E-state index in [2.05, 4.69) is 10.7 Å². The molecule has 2 aliphatic rings. The maximum atomic E-state index is 12.3. The monoisotopic (exact) mass is 263 g/mol. The highest BCUT2D eigenvalue weighted by Gasteiger charge is 2.22. The lowest BCUT2D eigenvalue weighted by Gasteiger charge is -2.12. The number of hydrogen-bond donors (Lipinski definition) is 1. The van der Waals surface area contributed by atoms with Crippen LogP contribution >= 0.6 is 11.3 Å². The third-order valence-corrected chi connectivity index (χ3v) is 5.33. The van der Waals surface area contributed by atoms with Gasteiger partial charge >= 0.3 is 0 Å². The first-order valence-electron chi connectivity index (χ1n) is 7.24. The summed E-state index contributed by atoms with van der Waals surface area (Å²) in [6.07, 6.45) is 11.0. The number of carbonyl (C=O) groups excluding carboxylic acids is 1. The molecule has 98 valence electrons. The largest absolute Gasteiger partial charge is 0.349 e. The van der Waals surface area contributed by atoms with Crippen molar-refractivity contribution >= 4 is 17.2 Å². The van der Waals surface area contributed by atoms with Crippen molar-refractivity contribution in [2.24, 2.45) is 0 Å². The first-order valence-corrected chi connectivity index (χ1v) is 8.12. The number of fused-ring (bicyclic) bond motifs is 1. The van der Waals surface area contributed by atoms with E-state index in [9.17, 15) is 4.79 Å². The van der Waals surface area contributed by atoms with Crippen LogP contribution in [0, 0.1) is 0 Å². The van der Waals surface area contributed by atoms with Gasteiger partial charge < -0.3 is 5.32 Å². The van der Waals surface area contributed by atoms with Crippen LogP contribution in [0.3, 0.4) is 0 Å². The second-order valence-electron chi connectivity index (χ2n) is 5.57. The maximum Gasteiger partial charge on any atom is 0.252 e. The molecule has 1 N–H and O–H groups in total. The van der Waals surface area contributed by atoms with Gasteiger partial charge in [0.05, 0.1) is 5.56 Å². The van der Waals surface area contributed by atoms with Gasteiger partial charge in [-0.15, -0.1) is 11.3 Å². The molecule has 0 saturated heterocycles. The summed E-state index contributed by atoms with van der Waals surface area (Å²) in [6, 6.07) is 0.429. The van der Waals surface area contributed by atoms with Crippen molar-refractivity contribution < 1.29 is 4.79 Å². The smallest absolute Gasteiger partial charge is 0.252 e. The molecular formula is C15H21NOS. The Morgan fingerprint density at radius 2 is 1.89 bits per heavy atom. The predicted octanol–water partition coefficient (Wildman–Crippen LogP) is 3.69. The van der Waals surface area contributed by atoms with Crippen LogP contribution < -0.4 is 5.32 Å². The van der Waals surface area contributed by atoms with Gasteiger partial charge in [0.15, 0.2) is 0 Å². The van der Waals surface area contributed by atoms with E-state index in [0.717, 1.165) is 24.8 Å². The van der Waals surface area contributed by atoms with Crippen LogP contribution in [0.5, 0.6) is 0 Å². The van der Waals surface area contributed by atoms with E-state index in [1.165, 1.54) is 49.0 Å². The summed E-state index contributed by atoms with van der Waals surface area (Å²) >= 11 is 1.79. The van der Waals surface area contributed by atoms with Crippen molar-refractivity contribution in [3.63, 3.8) is 0 Å². The average molecular weight is 263 g/mol. The highest BCUT2D eigenvalue weighted by atomic mass is 32.1. The molecule has 0 aromatic carbocycles. The second kappa shape index (κ2) is 5.43. The zero-order valence-corrected chi connectivity index (χ0v) is 11.7. The van der Waals surface area contributed by atoms with Gasteiger partial charge in [0.25, 0.3) is 5.91 Å². The molecule has 3 heteroatoms. The molecule has 1 amide bonds. The third kappa shape index (κ3) is 2.46. The van der Waals surface area contributed by atoms with Crippen molar-refractivity contribution in [2.45, 2.75) is 63.8 Å². The lowest BCUT2D eigenvalue weighted by molar-refractivity contribution is 0.0937. The van der Waals surface area contributed by atoms with Gasteiger partial charge in [-0.25, -0.2) is 0 Å². The summed E-state index contributed by atoms with van der Waals surface area (Å²) in [4.78, 5) is 13.8. The Labute approximate surface area is 113 Å². The van der Waals surface area contributed by atoms with Crippen molar-refractivity contribution in [2.75, 3.05) is 0 Å². The van der Waals surface area contributed by atoms with E-state index in [1.54, 1.807) is 11.3 Å². The highest BCUT2D eigenvalue weighted by Crippen LogP contribution is 2.29. The minimum Gasteiger partial charge on any atom is -0.349 e. The van der Waals surface area contributed by atoms with Crippen LogP contribution in [-0.2, 0) is 12.8 Å². The molecule has 0 spiro atoms. The van der Waals surface area contributed by atoms with Gasteiger partial charge in [0.2, 0.25) is 0 Å². The van der Waals surface area contributed by atoms with Gasteiger partial charge in [-0.05, 0) is 44.1 Å². The summed E-state index contributed by atoms with van der Waals surface area (Å²) in [6.45, 7) is 0. The predicted molar refractivity (Wildman–Crippen MR) is 75.3 cm³/mol. The first-order chi connectivity index (χ1) is 8.84. The van der Waals surface area contributed by atoms with E-state index in [4.69, 9.17) is 0 Å². The molecule has 0 bridgehead atoms. The molecular weight excluding hydrogens is 242 g/mol. The topological polar surface area (TPSA) is 29.1 Å². The van der Waals surface area contributed by atoms with Crippen molar-refractivity contribution in [1.29, 1.82) is 0 Å². The zero-order chi connectivity index (χ0) is 12.4. The summed E-state index contributed by atoms with van der Waals surface area (Å²) in [5, 5.41) is 5.30. The molecule has 2 aliphatic carbocycles. The maximum absolute atomic E-state index is 12.3. The fourth-order valence-corrected chi connectivity index (χ4v) is 4.32. The number of hydrogen-bond acceptors (Lipinski definition) is 2. The van der Waals surface area contributed by atoms with Gasteiger partial charge in [0, 0.05) is 16.3 Å². The van der Waals surface area contributed by atoms with E-state index >= 15 is 0 Å². The van der Waals surface area contributed by atoms with E-state index in [-0.39, 0.29) is 5.91 Å². The SMILES string of the molecule is O=C(NC1CCCC1)c1csc2c1CCCCC2. The molecule has 1 aromatic rings. The molecule has 1 aromatic heterocycles.